The molecule has 4 unspecified atom stereocenters. The van der Waals surface area contributed by atoms with E-state index in [0.29, 0.717) is 11.8 Å². The van der Waals surface area contributed by atoms with E-state index in [0.717, 1.165) is 17.5 Å². The fourth-order valence-electron chi connectivity index (χ4n) is 8.93. The van der Waals surface area contributed by atoms with Crippen molar-refractivity contribution in [2.24, 2.45) is 11.8 Å². The third-order valence-electron chi connectivity index (χ3n) is 10.1. The average Bonchev–Trinajstić information content (AvgIpc) is 3.69. The number of nitrogens with zero attached hydrogens (tertiary/aromatic N) is 4. The first-order valence-electron chi connectivity index (χ1n) is 14.3. The highest BCUT2D eigenvalue weighted by Gasteiger charge is 2.67. The Balaban J connectivity index is 1.27. The molecule has 190 valence electrons. The Morgan fingerprint density at radius 2 is 1.10 bits per heavy atom. The Morgan fingerprint density at radius 3 is 1.74 bits per heavy atom. The molecular formula is C35H30N4. The number of imidazole rings is 2. The van der Waals surface area contributed by atoms with Crippen LogP contribution < -0.4 is 0 Å². The van der Waals surface area contributed by atoms with Gasteiger partial charge in [0, 0.05) is 22.2 Å². The van der Waals surface area contributed by atoms with Crippen molar-refractivity contribution in [3.05, 3.63) is 121 Å². The number of rotatable bonds is 4. The normalized spacial score (nSPS) is 27.2. The molecule has 39 heavy (non-hydrogen) atoms. The molecule has 0 radical (unpaired) electrons. The van der Waals surface area contributed by atoms with E-state index in [-0.39, 0.29) is 10.8 Å². The topological polar surface area (TPSA) is 35.6 Å². The minimum Gasteiger partial charge on any atom is -0.296 e. The van der Waals surface area contributed by atoms with Crippen LogP contribution in [0.15, 0.2) is 109 Å². The third kappa shape index (κ3) is 2.89. The van der Waals surface area contributed by atoms with Crippen LogP contribution in [0, 0.1) is 11.8 Å². The molecule has 0 saturated heterocycles. The fraction of sp³-hybridized carbons (Fsp3) is 0.257. The second-order valence-electron chi connectivity index (χ2n) is 12.2. The van der Waals surface area contributed by atoms with Crippen LogP contribution in [-0.2, 0) is 10.8 Å². The van der Waals surface area contributed by atoms with Gasteiger partial charge in [0.05, 0.1) is 22.1 Å². The summed E-state index contributed by atoms with van der Waals surface area (Å²) in [6.07, 6.45) is 6.09. The van der Waals surface area contributed by atoms with Crippen LogP contribution in [0.25, 0.3) is 33.4 Å². The van der Waals surface area contributed by atoms with E-state index in [9.17, 15) is 0 Å². The fourth-order valence-corrected chi connectivity index (χ4v) is 8.93. The molecule has 4 fully saturated rings. The van der Waals surface area contributed by atoms with E-state index < -0.39 is 0 Å². The first-order valence-corrected chi connectivity index (χ1v) is 14.3. The van der Waals surface area contributed by atoms with Crippen molar-refractivity contribution >= 4 is 22.1 Å². The van der Waals surface area contributed by atoms with E-state index in [1.165, 1.54) is 59.7 Å². The number of hydrogen-bond acceptors (Lipinski definition) is 2. The van der Waals surface area contributed by atoms with Gasteiger partial charge in [-0.1, -0.05) is 60.7 Å². The Morgan fingerprint density at radius 1 is 0.564 bits per heavy atom. The summed E-state index contributed by atoms with van der Waals surface area (Å²) in [5, 5.41) is 0. The number of hydrogen-bond donors (Lipinski definition) is 0. The molecule has 4 nitrogen and oxygen atoms in total. The summed E-state index contributed by atoms with van der Waals surface area (Å²) in [6, 6.07) is 39.1. The van der Waals surface area contributed by atoms with Gasteiger partial charge in [0.15, 0.2) is 0 Å². The van der Waals surface area contributed by atoms with Gasteiger partial charge in [0.25, 0.3) is 0 Å². The summed E-state index contributed by atoms with van der Waals surface area (Å²) in [5.74, 6) is 3.87. The van der Waals surface area contributed by atoms with Gasteiger partial charge in [-0.25, -0.2) is 9.97 Å². The Bertz CT molecular complexity index is 1870. The van der Waals surface area contributed by atoms with Crippen molar-refractivity contribution in [3.8, 4) is 11.4 Å². The summed E-state index contributed by atoms with van der Waals surface area (Å²) in [7, 11) is 0. The zero-order valence-corrected chi connectivity index (χ0v) is 21.9. The van der Waals surface area contributed by atoms with Gasteiger partial charge in [-0.15, -0.1) is 0 Å². The molecule has 4 aromatic carbocycles. The summed E-state index contributed by atoms with van der Waals surface area (Å²) < 4.78 is 4.95. The second kappa shape index (κ2) is 7.69. The highest BCUT2D eigenvalue weighted by atomic mass is 15.1. The largest absolute Gasteiger partial charge is 0.296 e. The summed E-state index contributed by atoms with van der Waals surface area (Å²) in [6.45, 7) is 0. The van der Waals surface area contributed by atoms with E-state index in [2.05, 4.69) is 118 Å². The van der Waals surface area contributed by atoms with E-state index in [1.54, 1.807) is 0 Å². The smallest absolute Gasteiger partial charge is 0.121 e. The van der Waals surface area contributed by atoms with Crippen LogP contribution in [0.4, 0.5) is 0 Å². The average molecular weight is 507 g/mol. The molecule has 10 rings (SSSR count). The molecule has 4 saturated carbocycles. The number of aromatic nitrogens is 4. The molecule has 2 aromatic heterocycles. The lowest BCUT2D eigenvalue weighted by molar-refractivity contribution is 0.205. The van der Waals surface area contributed by atoms with Crippen LogP contribution in [0.2, 0.25) is 0 Å². The molecule has 0 amide bonds. The lowest BCUT2D eigenvalue weighted by Gasteiger charge is -2.40. The summed E-state index contributed by atoms with van der Waals surface area (Å²) in [5.41, 5.74) is 7.17. The number of para-hydroxylation sites is 6. The van der Waals surface area contributed by atoms with Gasteiger partial charge in [0.2, 0.25) is 0 Å². The highest BCUT2D eigenvalue weighted by Crippen LogP contribution is 2.71. The van der Waals surface area contributed by atoms with Crippen molar-refractivity contribution in [3.63, 3.8) is 0 Å². The quantitative estimate of drug-likeness (QED) is 0.245. The SMILES string of the molecule is c1ccc(-n2c(C34CC5CC(C3)C(c3nc6ccccc6n3-c3ccccc3)(C5)C4)nc3ccccc32)cc1. The Hall–Kier alpha value is -4.18. The Labute approximate surface area is 228 Å². The van der Waals surface area contributed by atoms with Gasteiger partial charge in [-0.2, -0.15) is 0 Å². The molecule has 0 N–H and O–H groups in total. The molecule has 4 atom stereocenters. The number of fused-ring (bicyclic) bond motifs is 2. The zero-order chi connectivity index (χ0) is 25.6. The monoisotopic (exact) mass is 506 g/mol. The van der Waals surface area contributed by atoms with Crippen LogP contribution >= 0.6 is 0 Å². The van der Waals surface area contributed by atoms with Gasteiger partial charge >= 0.3 is 0 Å². The van der Waals surface area contributed by atoms with Crippen LogP contribution in [0.5, 0.6) is 0 Å². The van der Waals surface area contributed by atoms with Crippen LogP contribution in [-0.4, -0.2) is 19.1 Å². The molecule has 2 heterocycles. The lowest BCUT2D eigenvalue weighted by Crippen LogP contribution is -2.38. The Kier molecular flexibility index (Phi) is 4.28. The molecule has 4 aliphatic carbocycles. The predicted molar refractivity (Wildman–Crippen MR) is 156 cm³/mol. The first kappa shape index (κ1) is 21.7. The van der Waals surface area contributed by atoms with Gasteiger partial charge < -0.3 is 0 Å². The van der Waals surface area contributed by atoms with Crippen molar-refractivity contribution in [2.75, 3.05) is 0 Å². The standard InChI is InChI=1S/C35H30N4/c1-3-11-26(12-4-1)38-30-17-9-7-15-28(30)36-32(38)34-20-24-19-25(22-34)35(21-24,23-34)33-37-29-16-8-10-18-31(29)39(33)27-13-5-2-6-14-27/h1-18,24-25H,19-23H2. The van der Waals surface area contributed by atoms with Crippen LogP contribution in [0.1, 0.15) is 43.8 Å². The van der Waals surface area contributed by atoms with Crippen molar-refractivity contribution in [1.82, 2.24) is 19.1 Å². The van der Waals surface area contributed by atoms with Gasteiger partial charge in [-0.05, 0) is 92.5 Å². The zero-order valence-electron chi connectivity index (χ0n) is 21.9. The van der Waals surface area contributed by atoms with Crippen molar-refractivity contribution in [2.45, 2.75) is 42.9 Å². The third-order valence-corrected chi connectivity index (χ3v) is 10.1. The van der Waals surface area contributed by atoms with Crippen molar-refractivity contribution < 1.29 is 0 Å². The molecule has 0 spiro atoms. The van der Waals surface area contributed by atoms with Crippen LogP contribution in [0.3, 0.4) is 0 Å². The summed E-state index contributed by atoms with van der Waals surface area (Å²) >= 11 is 0. The maximum atomic E-state index is 5.44. The van der Waals surface area contributed by atoms with E-state index >= 15 is 0 Å². The predicted octanol–water partition coefficient (Wildman–Crippen LogP) is 7.76. The lowest BCUT2D eigenvalue weighted by atomic mass is 9.66. The maximum absolute atomic E-state index is 5.44. The first-order chi connectivity index (χ1) is 19.2. The molecule has 6 aromatic rings. The maximum Gasteiger partial charge on any atom is 0.121 e. The molecule has 4 heteroatoms. The van der Waals surface area contributed by atoms with Gasteiger partial charge in [-0.3, -0.25) is 9.13 Å². The molecule has 0 aliphatic heterocycles. The van der Waals surface area contributed by atoms with Gasteiger partial charge in [0.1, 0.15) is 11.6 Å². The second-order valence-corrected chi connectivity index (χ2v) is 12.2. The summed E-state index contributed by atoms with van der Waals surface area (Å²) in [4.78, 5) is 10.9. The number of benzene rings is 4. The minimum absolute atomic E-state index is 0.0559. The van der Waals surface area contributed by atoms with E-state index in [4.69, 9.17) is 9.97 Å². The van der Waals surface area contributed by atoms with E-state index in [1.807, 2.05) is 0 Å². The van der Waals surface area contributed by atoms with Crippen molar-refractivity contribution in [1.29, 1.82) is 0 Å². The molecule has 4 bridgehead atoms. The molecule has 4 aliphatic rings. The highest BCUT2D eigenvalue weighted by molar-refractivity contribution is 5.80. The molecular weight excluding hydrogens is 476 g/mol. The minimum atomic E-state index is 0.0559.